The minimum atomic E-state index is -0.130. The average Bonchev–Trinajstić information content (AvgIpc) is 2.77. The maximum atomic E-state index is 12.7. The van der Waals surface area contributed by atoms with Crippen molar-refractivity contribution in [2.24, 2.45) is 0 Å². The van der Waals surface area contributed by atoms with Gasteiger partial charge >= 0.3 is 0 Å². The molecule has 3 aromatic carbocycles. The van der Waals surface area contributed by atoms with Crippen LogP contribution in [0.3, 0.4) is 0 Å². The van der Waals surface area contributed by atoms with Crippen LogP contribution in [-0.4, -0.2) is 4.98 Å². The first kappa shape index (κ1) is 19.1. The lowest BCUT2D eigenvalue weighted by molar-refractivity contribution is 0.0934. The molecule has 0 aliphatic rings. The normalized spacial score (nSPS) is 11.0. The summed E-state index contributed by atoms with van der Waals surface area (Å²) in [7, 11) is 0. The maximum absolute atomic E-state index is 12.7. The Kier molecular flexibility index (Phi) is 6.15. The van der Waals surface area contributed by atoms with Gasteiger partial charge in [0.1, 0.15) is 0 Å². The van der Waals surface area contributed by atoms with E-state index in [1.807, 2.05) is 84.9 Å². The van der Waals surface area contributed by atoms with Crippen LogP contribution in [0.15, 0.2) is 89.7 Å². The molecule has 0 unspecified atom stereocenters. The Labute approximate surface area is 169 Å². The highest BCUT2D eigenvalue weighted by atomic mass is 16.5. The Balaban J connectivity index is 1.55. The van der Waals surface area contributed by atoms with Gasteiger partial charge in [-0.3, -0.25) is 4.79 Å². The number of nitrogens with one attached hydrogen (secondary N) is 1. The second kappa shape index (κ2) is 9.32. The molecule has 4 aromatic rings. The zero-order valence-electron chi connectivity index (χ0n) is 16.1. The third-order valence-electron chi connectivity index (χ3n) is 4.85. The fourth-order valence-electron chi connectivity index (χ4n) is 3.36. The Morgan fingerprint density at radius 3 is 1.72 bits per heavy atom. The summed E-state index contributed by atoms with van der Waals surface area (Å²) in [5.41, 5.74) is 4.36. The van der Waals surface area contributed by atoms with Crippen molar-refractivity contribution in [1.82, 2.24) is 4.98 Å². The number of hydrogen-bond acceptors (Lipinski definition) is 3. The molecule has 0 bridgehead atoms. The number of fused-ring (bicyclic) bond motifs is 1. The summed E-state index contributed by atoms with van der Waals surface area (Å²) in [6, 6.07) is 27.8. The molecule has 1 N–H and O–H groups in total. The van der Waals surface area contributed by atoms with E-state index in [1.165, 1.54) is 0 Å². The molecule has 0 atom stereocenters. The first-order valence-corrected chi connectivity index (χ1v) is 9.67. The summed E-state index contributed by atoms with van der Waals surface area (Å²) < 4.78 is 11.8. The molecule has 1 heterocycles. The first-order valence-electron chi connectivity index (χ1n) is 9.67. The molecule has 4 nitrogen and oxygen atoms in total. The van der Waals surface area contributed by atoms with Gasteiger partial charge in [0.05, 0.1) is 26.4 Å². The number of para-hydroxylation sites is 1. The van der Waals surface area contributed by atoms with Gasteiger partial charge < -0.3 is 14.5 Å². The van der Waals surface area contributed by atoms with Gasteiger partial charge in [-0.25, -0.2) is 0 Å². The van der Waals surface area contributed by atoms with E-state index in [9.17, 15) is 4.79 Å². The SMILES string of the molecule is O=c1[nH]c2ccccc2c(COCc2ccccc2)c1COCc1ccccc1. The smallest absolute Gasteiger partial charge is 0.254 e. The van der Waals surface area contributed by atoms with Crippen molar-refractivity contribution < 1.29 is 9.47 Å². The lowest BCUT2D eigenvalue weighted by atomic mass is 10.0. The van der Waals surface area contributed by atoms with Crippen LogP contribution in [0.5, 0.6) is 0 Å². The Bertz CT molecular complexity index is 1120. The second-order valence-corrected chi connectivity index (χ2v) is 6.91. The van der Waals surface area contributed by atoms with Gasteiger partial charge in [0, 0.05) is 16.5 Å². The van der Waals surface area contributed by atoms with E-state index in [4.69, 9.17) is 9.47 Å². The molecule has 0 aliphatic carbocycles. The number of aromatic nitrogens is 1. The standard InChI is InChI=1S/C25H23NO3/c27-25-23(18-29-16-20-11-5-2-6-12-20)22(21-13-7-8-14-24(21)26-25)17-28-15-19-9-3-1-4-10-19/h1-14H,15-18H2,(H,26,27). The average molecular weight is 385 g/mol. The number of rotatable bonds is 8. The van der Waals surface area contributed by atoms with Crippen molar-refractivity contribution in [3.63, 3.8) is 0 Å². The fourth-order valence-corrected chi connectivity index (χ4v) is 3.36. The van der Waals surface area contributed by atoms with Crippen LogP contribution in [0.4, 0.5) is 0 Å². The number of hydrogen-bond donors (Lipinski definition) is 1. The highest BCUT2D eigenvalue weighted by molar-refractivity contribution is 5.82. The van der Waals surface area contributed by atoms with Crippen molar-refractivity contribution in [2.75, 3.05) is 0 Å². The molecule has 0 saturated carbocycles. The topological polar surface area (TPSA) is 51.3 Å². The van der Waals surface area contributed by atoms with E-state index < -0.39 is 0 Å². The largest absolute Gasteiger partial charge is 0.372 e. The summed E-state index contributed by atoms with van der Waals surface area (Å²) >= 11 is 0. The number of aromatic amines is 1. The van der Waals surface area contributed by atoms with E-state index in [1.54, 1.807) is 0 Å². The quantitative estimate of drug-likeness (QED) is 0.466. The predicted molar refractivity (Wildman–Crippen MR) is 114 cm³/mol. The molecule has 29 heavy (non-hydrogen) atoms. The van der Waals surface area contributed by atoms with Crippen molar-refractivity contribution in [3.05, 3.63) is 118 Å². The molecule has 0 spiro atoms. The van der Waals surface area contributed by atoms with Gasteiger partial charge in [-0.05, 0) is 22.8 Å². The van der Waals surface area contributed by atoms with Crippen LogP contribution in [0, 0.1) is 0 Å². The first-order chi connectivity index (χ1) is 14.3. The third kappa shape index (κ3) is 4.80. The van der Waals surface area contributed by atoms with Crippen LogP contribution in [0.1, 0.15) is 22.3 Å². The molecule has 4 heteroatoms. The van der Waals surface area contributed by atoms with Crippen LogP contribution < -0.4 is 5.56 Å². The third-order valence-corrected chi connectivity index (χ3v) is 4.85. The predicted octanol–water partition coefficient (Wildman–Crippen LogP) is 4.96. The number of pyridine rings is 1. The molecular weight excluding hydrogens is 362 g/mol. The molecule has 0 saturated heterocycles. The van der Waals surface area contributed by atoms with Crippen molar-refractivity contribution >= 4 is 10.9 Å². The fraction of sp³-hybridized carbons (Fsp3) is 0.160. The van der Waals surface area contributed by atoms with Crippen LogP contribution in [-0.2, 0) is 35.9 Å². The molecule has 0 fully saturated rings. The molecule has 146 valence electrons. The lowest BCUT2D eigenvalue weighted by Gasteiger charge is -2.14. The summed E-state index contributed by atoms with van der Waals surface area (Å²) in [6.45, 7) is 1.53. The van der Waals surface area contributed by atoms with E-state index in [-0.39, 0.29) is 12.2 Å². The van der Waals surface area contributed by atoms with Gasteiger partial charge in [0.15, 0.2) is 0 Å². The van der Waals surface area contributed by atoms with Gasteiger partial charge in [-0.1, -0.05) is 78.9 Å². The summed E-state index contributed by atoms with van der Waals surface area (Å²) in [4.78, 5) is 15.7. The Morgan fingerprint density at radius 1 is 0.586 bits per heavy atom. The minimum Gasteiger partial charge on any atom is -0.372 e. The molecular formula is C25H23NO3. The Hall–Kier alpha value is -3.21. The van der Waals surface area contributed by atoms with E-state index in [0.29, 0.717) is 25.4 Å². The number of benzene rings is 3. The van der Waals surface area contributed by atoms with Gasteiger partial charge in [-0.2, -0.15) is 0 Å². The van der Waals surface area contributed by atoms with Gasteiger partial charge in [-0.15, -0.1) is 0 Å². The highest BCUT2D eigenvalue weighted by Gasteiger charge is 2.13. The van der Waals surface area contributed by atoms with Gasteiger partial charge in [0.25, 0.3) is 5.56 Å². The van der Waals surface area contributed by atoms with Crippen molar-refractivity contribution in [3.8, 4) is 0 Å². The van der Waals surface area contributed by atoms with Crippen molar-refractivity contribution in [2.45, 2.75) is 26.4 Å². The van der Waals surface area contributed by atoms with E-state index >= 15 is 0 Å². The van der Waals surface area contributed by atoms with Gasteiger partial charge in [0.2, 0.25) is 0 Å². The van der Waals surface area contributed by atoms with E-state index in [2.05, 4.69) is 4.98 Å². The summed E-state index contributed by atoms with van der Waals surface area (Å²) in [6.07, 6.45) is 0. The lowest BCUT2D eigenvalue weighted by Crippen LogP contribution is -2.18. The molecule has 0 aliphatic heterocycles. The molecule has 1 aromatic heterocycles. The molecule has 0 amide bonds. The van der Waals surface area contributed by atoms with Crippen LogP contribution in [0.25, 0.3) is 10.9 Å². The molecule has 4 rings (SSSR count). The van der Waals surface area contributed by atoms with Crippen molar-refractivity contribution in [1.29, 1.82) is 0 Å². The summed E-state index contributed by atoms with van der Waals surface area (Å²) in [5.74, 6) is 0. The molecule has 0 radical (unpaired) electrons. The zero-order valence-corrected chi connectivity index (χ0v) is 16.1. The van der Waals surface area contributed by atoms with E-state index in [0.717, 1.165) is 27.6 Å². The zero-order chi connectivity index (χ0) is 19.9. The maximum Gasteiger partial charge on any atom is 0.254 e. The monoisotopic (exact) mass is 385 g/mol. The second-order valence-electron chi connectivity index (χ2n) is 6.91. The highest BCUT2D eigenvalue weighted by Crippen LogP contribution is 2.21. The van der Waals surface area contributed by atoms with Crippen LogP contribution in [0.2, 0.25) is 0 Å². The minimum absolute atomic E-state index is 0.130. The number of H-pyrrole nitrogens is 1. The van der Waals surface area contributed by atoms with Crippen LogP contribution >= 0.6 is 0 Å². The Morgan fingerprint density at radius 2 is 1.10 bits per heavy atom. The summed E-state index contributed by atoms with van der Waals surface area (Å²) in [5, 5.41) is 0.985. The number of ether oxygens (including phenoxy) is 2.